The number of anilines is 2. The maximum atomic E-state index is 13.5. The molecule has 1 fully saturated rings. The highest BCUT2D eigenvalue weighted by atomic mass is 19.1. The lowest BCUT2D eigenvalue weighted by Gasteiger charge is -2.30. The third kappa shape index (κ3) is 4.62. The van der Waals surface area contributed by atoms with E-state index in [2.05, 4.69) is 15.5 Å². The Morgan fingerprint density at radius 2 is 2.00 bits per heavy atom. The number of hydrogen-bond donors (Lipinski definition) is 2. The summed E-state index contributed by atoms with van der Waals surface area (Å²) in [5.74, 6) is 0.0414. The van der Waals surface area contributed by atoms with Gasteiger partial charge in [-0.2, -0.15) is 0 Å². The van der Waals surface area contributed by atoms with Gasteiger partial charge in [-0.15, -0.1) is 0 Å². The summed E-state index contributed by atoms with van der Waals surface area (Å²) in [5.41, 5.74) is 1.44. The third-order valence-electron chi connectivity index (χ3n) is 3.57. The van der Waals surface area contributed by atoms with Crippen molar-refractivity contribution in [2.75, 3.05) is 29.9 Å². The SMILES string of the molecule is CC(C)CNC(=O)Nc1cc(F)ccc1N1CCCCC1. The summed E-state index contributed by atoms with van der Waals surface area (Å²) in [6.45, 7) is 6.56. The Morgan fingerprint density at radius 3 is 2.67 bits per heavy atom. The van der Waals surface area contributed by atoms with E-state index >= 15 is 0 Å². The van der Waals surface area contributed by atoms with Gasteiger partial charge in [-0.1, -0.05) is 13.8 Å². The molecule has 0 spiro atoms. The topological polar surface area (TPSA) is 44.4 Å². The van der Waals surface area contributed by atoms with Gasteiger partial charge in [0.15, 0.2) is 0 Å². The van der Waals surface area contributed by atoms with Crippen LogP contribution in [-0.4, -0.2) is 25.7 Å². The largest absolute Gasteiger partial charge is 0.370 e. The lowest BCUT2D eigenvalue weighted by Crippen LogP contribution is -2.34. The van der Waals surface area contributed by atoms with Crippen molar-refractivity contribution in [1.29, 1.82) is 0 Å². The minimum Gasteiger partial charge on any atom is -0.370 e. The van der Waals surface area contributed by atoms with Gasteiger partial charge in [0.25, 0.3) is 0 Å². The standard InChI is InChI=1S/C16H24FN3O/c1-12(2)11-18-16(21)19-14-10-13(17)6-7-15(14)20-8-4-3-5-9-20/h6-7,10,12H,3-5,8-9,11H2,1-2H3,(H2,18,19,21). The second-order valence-electron chi connectivity index (χ2n) is 5.94. The number of hydrogen-bond acceptors (Lipinski definition) is 2. The van der Waals surface area contributed by atoms with Crippen molar-refractivity contribution >= 4 is 17.4 Å². The van der Waals surface area contributed by atoms with E-state index in [1.807, 2.05) is 13.8 Å². The molecule has 21 heavy (non-hydrogen) atoms. The molecular formula is C16H24FN3O. The fraction of sp³-hybridized carbons (Fsp3) is 0.562. The van der Waals surface area contributed by atoms with Crippen molar-refractivity contribution in [3.63, 3.8) is 0 Å². The van der Waals surface area contributed by atoms with Gasteiger partial charge in [0.05, 0.1) is 11.4 Å². The van der Waals surface area contributed by atoms with E-state index in [-0.39, 0.29) is 11.8 Å². The predicted octanol–water partition coefficient (Wildman–Crippen LogP) is 3.59. The molecular weight excluding hydrogens is 269 g/mol. The number of benzene rings is 1. The summed E-state index contributed by atoms with van der Waals surface area (Å²) in [6, 6.07) is 4.30. The molecule has 2 rings (SSSR count). The molecule has 0 bridgehead atoms. The van der Waals surface area contributed by atoms with Crippen molar-refractivity contribution in [2.24, 2.45) is 5.92 Å². The van der Waals surface area contributed by atoms with E-state index in [0.717, 1.165) is 31.6 Å². The van der Waals surface area contributed by atoms with Crippen LogP contribution < -0.4 is 15.5 Å². The Hall–Kier alpha value is -1.78. The molecule has 1 aromatic carbocycles. The van der Waals surface area contributed by atoms with E-state index in [0.29, 0.717) is 18.2 Å². The fourth-order valence-corrected chi connectivity index (χ4v) is 2.48. The zero-order valence-electron chi connectivity index (χ0n) is 12.8. The van der Waals surface area contributed by atoms with Gasteiger partial charge in [-0.25, -0.2) is 9.18 Å². The Labute approximate surface area is 125 Å². The molecule has 0 unspecified atom stereocenters. The molecule has 1 aliphatic rings. The maximum absolute atomic E-state index is 13.5. The Bertz CT molecular complexity index is 484. The third-order valence-corrected chi connectivity index (χ3v) is 3.57. The minimum atomic E-state index is -0.338. The molecule has 1 heterocycles. The smallest absolute Gasteiger partial charge is 0.319 e. The van der Waals surface area contributed by atoms with Crippen LogP contribution in [0, 0.1) is 11.7 Å². The normalized spacial score (nSPS) is 15.1. The summed E-state index contributed by atoms with van der Waals surface area (Å²) >= 11 is 0. The first kappa shape index (κ1) is 15.6. The highest BCUT2D eigenvalue weighted by Crippen LogP contribution is 2.29. The van der Waals surface area contributed by atoms with Crippen LogP contribution in [0.5, 0.6) is 0 Å². The molecule has 0 radical (unpaired) electrons. The van der Waals surface area contributed by atoms with Gasteiger partial charge >= 0.3 is 6.03 Å². The van der Waals surface area contributed by atoms with Crippen LogP contribution in [0.15, 0.2) is 18.2 Å². The summed E-state index contributed by atoms with van der Waals surface area (Å²) in [6.07, 6.45) is 3.50. The summed E-state index contributed by atoms with van der Waals surface area (Å²) in [4.78, 5) is 14.1. The average Bonchev–Trinajstić information content (AvgIpc) is 2.46. The molecule has 0 aromatic heterocycles. The quantitative estimate of drug-likeness (QED) is 0.891. The lowest BCUT2D eigenvalue weighted by atomic mass is 10.1. The lowest BCUT2D eigenvalue weighted by molar-refractivity contribution is 0.251. The van der Waals surface area contributed by atoms with Gasteiger partial charge in [0.1, 0.15) is 5.82 Å². The van der Waals surface area contributed by atoms with E-state index in [4.69, 9.17) is 0 Å². The molecule has 5 heteroatoms. The molecule has 4 nitrogen and oxygen atoms in total. The highest BCUT2D eigenvalue weighted by molar-refractivity contribution is 5.93. The van der Waals surface area contributed by atoms with Gasteiger partial charge < -0.3 is 15.5 Å². The van der Waals surface area contributed by atoms with Gasteiger partial charge in [0.2, 0.25) is 0 Å². The van der Waals surface area contributed by atoms with Crippen LogP contribution in [-0.2, 0) is 0 Å². The van der Waals surface area contributed by atoms with Crippen LogP contribution in [0.2, 0.25) is 0 Å². The van der Waals surface area contributed by atoms with Gasteiger partial charge in [-0.05, 0) is 43.4 Å². The first-order chi connectivity index (χ1) is 10.1. The van der Waals surface area contributed by atoms with Crippen LogP contribution in [0.25, 0.3) is 0 Å². The van der Waals surface area contributed by atoms with Crippen molar-refractivity contribution in [3.05, 3.63) is 24.0 Å². The number of halogens is 1. The molecule has 0 aliphatic carbocycles. The maximum Gasteiger partial charge on any atom is 0.319 e. The summed E-state index contributed by atoms with van der Waals surface area (Å²) < 4.78 is 13.5. The van der Waals surface area contributed by atoms with E-state index in [9.17, 15) is 9.18 Å². The van der Waals surface area contributed by atoms with Crippen LogP contribution >= 0.6 is 0 Å². The number of carbonyl (C=O) groups excluding carboxylic acids is 1. The summed E-state index contributed by atoms with van der Waals surface area (Å²) in [5, 5.41) is 5.56. The highest BCUT2D eigenvalue weighted by Gasteiger charge is 2.16. The molecule has 0 atom stereocenters. The van der Waals surface area contributed by atoms with E-state index < -0.39 is 0 Å². The molecule has 1 aliphatic heterocycles. The van der Waals surface area contributed by atoms with Gasteiger partial charge in [0, 0.05) is 19.6 Å². The van der Waals surface area contributed by atoms with Crippen molar-refractivity contribution in [2.45, 2.75) is 33.1 Å². The molecule has 0 saturated carbocycles. The van der Waals surface area contributed by atoms with E-state index in [1.165, 1.54) is 18.6 Å². The number of nitrogens with zero attached hydrogens (tertiary/aromatic N) is 1. The number of carbonyl (C=O) groups is 1. The molecule has 116 valence electrons. The average molecular weight is 293 g/mol. The number of piperidine rings is 1. The Morgan fingerprint density at radius 1 is 1.29 bits per heavy atom. The second-order valence-corrected chi connectivity index (χ2v) is 5.94. The molecule has 1 aromatic rings. The fourth-order valence-electron chi connectivity index (χ4n) is 2.48. The monoisotopic (exact) mass is 293 g/mol. The molecule has 1 saturated heterocycles. The first-order valence-corrected chi connectivity index (χ1v) is 7.65. The van der Waals surface area contributed by atoms with Crippen molar-refractivity contribution in [1.82, 2.24) is 5.32 Å². The summed E-state index contributed by atoms with van der Waals surface area (Å²) in [7, 11) is 0. The Kier molecular flexibility index (Phi) is 5.42. The van der Waals surface area contributed by atoms with E-state index in [1.54, 1.807) is 6.07 Å². The second kappa shape index (κ2) is 7.29. The van der Waals surface area contributed by atoms with Crippen molar-refractivity contribution < 1.29 is 9.18 Å². The zero-order chi connectivity index (χ0) is 15.2. The minimum absolute atomic E-state index is 0.285. The number of nitrogens with one attached hydrogen (secondary N) is 2. The Balaban J connectivity index is 2.09. The van der Waals surface area contributed by atoms with Crippen LogP contribution in [0.1, 0.15) is 33.1 Å². The molecule has 2 amide bonds. The van der Waals surface area contributed by atoms with Crippen molar-refractivity contribution in [3.8, 4) is 0 Å². The number of amides is 2. The zero-order valence-corrected chi connectivity index (χ0v) is 12.8. The van der Waals surface area contributed by atoms with Gasteiger partial charge in [-0.3, -0.25) is 0 Å². The van der Waals surface area contributed by atoms with Crippen LogP contribution in [0.3, 0.4) is 0 Å². The number of rotatable bonds is 4. The molecule has 2 N–H and O–H groups in total. The first-order valence-electron chi connectivity index (χ1n) is 7.65. The number of urea groups is 1. The van der Waals surface area contributed by atoms with Crippen LogP contribution in [0.4, 0.5) is 20.6 Å². The predicted molar refractivity (Wildman–Crippen MR) is 84.3 cm³/mol.